The zero-order valence-electron chi connectivity index (χ0n) is 13.9. The molecule has 1 N–H and O–H groups in total. The van der Waals surface area contributed by atoms with Crippen LogP contribution in [0, 0.1) is 5.92 Å². The van der Waals surface area contributed by atoms with Crippen molar-refractivity contribution in [3.8, 4) is 0 Å². The lowest BCUT2D eigenvalue weighted by Gasteiger charge is -2.23. The molecule has 0 aliphatic carbocycles. The number of hydrogen-bond donors (Lipinski definition) is 1. The highest BCUT2D eigenvalue weighted by molar-refractivity contribution is 6.30. The van der Waals surface area contributed by atoms with Gasteiger partial charge in [0.25, 0.3) is 11.5 Å². The summed E-state index contributed by atoms with van der Waals surface area (Å²) >= 11 is 5.93. The summed E-state index contributed by atoms with van der Waals surface area (Å²) in [5.74, 6) is -0.300. The predicted molar refractivity (Wildman–Crippen MR) is 98.0 cm³/mol. The van der Waals surface area contributed by atoms with Crippen LogP contribution in [0.5, 0.6) is 0 Å². The van der Waals surface area contributed by atoms with Crippen LogP contribution in [-0.4, -0.2) is 15.3 Å². The van der Waals surface area contributed by atoms with Gasteiger partial charge in [-0.1, -0.05) is 43.6 Å². The third kappa shape index (κ3) is 3.56. The summed E-state index contributed by atoms with van der Waals surface area (Å²) in [6.45, 7) is 4.01. The van der Waals surface area contributed by atoms with Crippen LogP contribution in [0.25, 0.3) is 5.65 Å². The SMILES string of the molecule is CC(C)C(NC(=O)c1cnc2ccccn2c1=O)c1ccc(Cl)cc1. The molecule has 6 heteroatoms. The second kappa shape index (κ2) is 7.07. The summed E-state index contributed by atoms with van der Waals surface area (Å²) in [5.41, 5.74) is 1.06. The van der Waals surface area contributed by atoms with Gasteiger partial charge in [-0.15, -0.1) is 0 Å². The Labute approximate surface area is 150 Å². The van der Waals surface area contributed by atoms with E-state index in [0.717, 1.165) is 5.56 Å². The number of carbonyl (C=O) groups is 1. The number of hydrogen-bond acceptors (Lipinski definition) is 3. The van der Waals surface area contributed by atoms with Gasteiger partial charge in [0.15, 0.2) is 0 Å². The van der Waals surface area contributed by atoms with Crippen LogP contribution in [0.2, 0.25) is 5.02 Å². The van der Waals surface area contributed by atoms with Gasteiger partial charge in [-0.2, -0.15) is 0 Å². The summed E-state index contributed by atoms with van der Waals surface area (Å²) in [7, 11) is 0. The van der Waals surface area contributed by atoms with Crippen LogP contribution in [0.1, 0.15) is 35.8 Å². The molecule has 1 amide bonds. The Kier molecular flexibility index (Phi) is 4.86. The Bertz CT molecular complexity index is 964. The van der Waals surface area contributed by atoms with Crippen molar-refractivity contribution < 1.29 is 4.79 Å². The molecule has 0 radical (unpaired) electrons. The molecule has 2 aromatic heterocycles. The van der Waals surface area contributed by atoms with E-state index in [1.807, 2.05) is 26.0 Å². The maximum Gasteiger partial charge on any atom is 0.270 e. The number of carbonyl (C=O) groups excluding carboxylic acids is 1. The van der Waals surface area contributed by atoms with Crippen LogP contribution in [0.3, 0.4) is 0 Å². The molecule has 0 spiro atoms. The van der Waals surface area contributed by atoms with Gasteiger partial charge in [0.1, 0.15) is 11.2 Å². The van der Waals surface area contributed by atoms with Crippen molar-refractivity contribution in [1.29, 1.82) is 0 Å². The van der Waals surface area contributed by atoms with Gasteiger partial charge in [0, 0.05) is 17.4 Å². The first-order chi connectivity index (χ1) is 12.0. The summed E-state index contributed by atoms with van der Waals surface area (Å²) in [6, 6.07) is 12.3. The average Bonchev–Trinajstić information content (AvgIpc) is 2.61. The van der Waals surface area contributed by atoms with Gasteiger partial charge in [0.05, 0.1) is 6.04 Å². The topological polar surface area (TPSA) is 63.5 Å². The van der Waals surface area contributed by atoms with E-state index in [0.29, 0.717) is 10.7 Å². The molecule has 128 valence electrons. The average molecular weight is 356 g/mol. The molecule has 0 bridgehead atoms. The minimum atomic E-state index is -0.440. The number of fused-ring (bicyclic) bond motifs is 1. The minimum absolute atomic E-state index is 0.0170. The standard InChI is InChI=1S/C19H18ClN3O2/c1-12(2)17(13-6-8-14(20)9-7-13)22-18(24)15-11-21-16-5-3-4-10-23(16)19(15)25/h3-12,17H,1-2H3,(H,22,24). The molecule has 2 heterocycles. The Morgan fingerprint density at radius 1 is 1.16 bits per heavy atom. The maximum atomic E-state index is 12.7. The molecule has 0 saturated heterocycles. The molecule has 0 fully saturated rings. The zero-order valence-corrected chi connectivity index (χ0v) is 14.7. The van der Waals surface area contributed by atoms with Crippen molar-refractivity contribution >= 4 is 23.2 Å². The fourth-order valence-electron chi connectivity index (χ4n) is 2.71. The van der Waals surface area contributed by atoms with Crippen LogP contribution >= 0.6 is 11.6 Å². The van der Waals surface area contributed by atoms with E-state index >= 15 is 0 Å². The van der Waals surface area contributed by atoms with Crippen LogP contribution < -0.4 is 10.9 Å². The Morgan fingerprint density at radius 2 is 1.88 bits per heavy atom. The highest BCUT2D eigenvalue weighted by Crippen LogP contribution is 2.23. The zero-order chi connectivity index (χ0) is 18.0. The minimum Gasteiger partial charge on any atom is -0.345 e. The number of nitrogens with zero attached hydrogens (tertiary/aromatic N) is 2. The molecule has 1 aromatic carbocycles. The molecule has 25 heavy (non-hydrogen) atoms. The van der Waals surface area contributed by atoms with E-state index in [1.54, 1.807) is 36.5 Å². The molecular formula is C19H18ClN3O2. The Morgan fingerprint density at radius 3 is 2.56 bits per heavy atom. The highest BCUT2D eigenvalue weighted by Gasteiger charge is 2.21. The molecule has 0 saturated carbocycles. The summed E-state index contributed by atoms with van der Waals surface area (Å²) in [4.78, 5) is 29.4. The number of benzene rings is 1. The number of pyridine rings is 1. The predicted octanol–water partition coefficient (Wildman–Crippen LogP) is 3.48. The molecule has 0 aliphatic rings. The lowest BCUT2D eigenvalue weighted by atomic mass is 9.96. The van der Waals surface area contributed by atoms with Gasteiger partial charge in [0.2, 0.25) is 0 Å². The quantitative estimate of drug-likeness (QED) is 0.779. The molecule has 3 rings (SSSR count). The van der Waals surface area contributed by atoms with E-state index < -0.39 is 5.91 Å². The van der Waals surface area contributed by atoms with E-state index in [2.05, 4.69) is 10.3 Å². The van der Waals surface area contributed by atoms with E-state index in [1.165, 1.54) is 10.6 Å². The first-order valence-electron chi connectivity index (χ1n) is 8.00. The molecule has 3 aromatic rings. The van der Waals surface area contributed by atoms with Crippen molar-refractivity contribution in [2.45, 2.75) is 19.9 Å². The first-order valence-corrected chi connectivity index (χ1v) is 8.38. The summed E-state index contributed by atoms with van der Waals surface area (Å²) in [6.07, 6.45) is 2.92. The monoisotopic (exact) mass is 355 g/mol. The first kappa shape index (κ1) is 17.2. The van der Waals surface area contributed by atoms with E-state index in [4.69, 9.17) is 11.6 Å². The van der Waals surface area contributed by atoms with Gasteiger partial charge in [-0.05, 0) is 35.7 Å². The smallest absolute Gasteiger partial charge is 0.270 e. The molecular weight excluding hydrogens is 338 g/mol. The van der Waals surface area contributed by atoms with Gasteiger partial charge in [-0.3, -0.25) is 14.0 Å². The third-order valence-corrected chi connectivity index (χ3v) is 4.29. The second-order valence-electron chi connectivity index (χ2n) is 6.15. The number of rotatable bonds is 4. The second-order valence-corrected chi connectivity index (χ2v) is 6.59. The fourth-order valence-corrected chi connectivity index (χ4v) is 2.83. The van der Waals surface area contributed by atoms with Gasteiger partial charge in [-0.25, -0.2) is 4.98 Å². The van der Waals surface area contributed by atoms with Crippen LogP contribution in [0.15, 0.2) is 59.7 Å². The number of aromatic nitrogens is 2. The van der Waals surface area contributed by atoms with E-state index in [9.17, 15) is 9.59 Å². The fraction of sp³-hybridized carbons (Fsp3) is 0.211. The molecule has 5 nitrogen and oxygen atoms in total. The Balaban J connectivity index is 1.93. The van der Waals surface area contributed by atoms with Crippen molar-refractivity contribution in [3.05, 3.63) is 81.4 Å². The van der Waals surface area contributed by atoms with Crippen molar-refractivity contribution in [2.75, 3.05) is 0 Å². The number of halogens is 1. The largest absolute Gasteiger partial charge is 0.345 e. The number of amides is 1. The molecule has 1 unspecified atom stereocenters. The van der Waals surface area contributed by atoms with Crippen molar-refractivity contribution in [1.82, 2.24) is 14.7 Å². The van der Waals surface area contributed by atoms with Crippen molar-refractivity contribution in [2.24, 2.45) is 5.92 Å². The Hall–Kier alpha value is -2.66. The lowest BCUT2D eigenvalue weighted by molar-refractivity contribution is 0.0923. The maximum absolute atomic E-state index is 12.7. The summed E-state index contributed by atoms with van der Waals surface area (Å²) < 4.78 is 1.36. The normalized spacial score (nSPS) is 12.3. The third-order valence-electron chi connectivity index (χ3n) is 4.04. The van der Waals surface area contributed by atoms with Gasteiger partial charge >= 0.3 is 0 Å². The van der Waals surface area contributed by atoms with Crippen molar-refractivity contribution in [3.63, 3.8) is 0 Å². The highest BCUT2D eigenvalue weighted by atomic mass is 35.5. The van der Waals surface area contributed by atoms with Gasteiger partial charge < -0.3 is 5.32 Å². The molecule has 1 atom stereocenters. The van der Waals surface area contributed by atoms with Crippen LogP contribution in [-0.2, 0) is 0 Å². The van der Waals surface area contributed by atoms with Crippen LogP contribution in [0.4, 0.5) is 0 Å². The summed E-state index contributed by atoms with van der Waals surface area (Å²) in [5, 5.41) is 3.57. The molecule has 0 aliphatic heterocycles. The van der Waals surface area contributed by atoms with E-state index in [-0.39, 0.29) is 23.1 Å². The lowest BCUT2D eigenvalue weighted by Crippen LogP contribution is -2.36. The number of nitrogens with one attached hydrogen (secondary N) is 1.